The van der Waals surface area contributed by atoms with Crippen molar-refractivity contribution in [2.45, 2.75) is 6.04 Å². The molecule has 1 atom stereocenters. The molecule has 2 fully saturated rings. The van der Waals surface area contributed by atoms with Crippen LogP contribution in [0, 0.1) is 0 Å². The van der Waals surface area contributed by atoms with Gasteiger partial charge in [0, 0.05) is 36.2 Å². The number of morpholine rings is 1. The van der Waals surface area contributed by atoms with Crippen molar-refractivity contribution in [1.29, 1.82) is 0 Å². The summed E-state index contributed by atoms with van der Waals surface area (Å²) in [7, 11) is 0. The van der Waals surface area contributed by atoms with Crippen molar-refractivity contribution in [3.63, 3.8) is 0 Å². The number of carbonyl (C=O) groups excluding carboxylic acids is 2. The Morgan fingerprint density at radius 2 is 1.67 bits per heavy atom. The fourth-order valence-electron chi connectivity index (χ4n) is 3.93. The lowest BCUT2D eigenvalue weighted by Gasteiger charge is -2.31. The number of nitrogens with zero attached hydrogens (tertiary/aromatic N) is 2. The first-order chi connectivity index (χ1) is 14.6. The van der Waals surface area contributed by atoms with Crippen molar-refractivity contribution in [2.24, 2.45) is 0 Å². The normalized spacial score (nSPS) is 21.9. The van der Waals surface area contributed by atoms with Gasteiger partial charge in [0.25, 0.3) is 11.7 Å². The van der Waals surface area contributed by atoms with Gasteiger partial charge < -0.3 is 14.7 Å². The van der Waals surface area contributed by atoms with Crippen LogP contribution in [0.2, 0.25) is 0 Å². The van der Waals surface area contributed by atoms with Crippen molar-refractivity contribution >= 4 is 33.4 Å². The molecule has 0 spiro atoms. The molecule has 2 aliphatic heterocycles. The van der Waals surface area contributed by atoms with Gasteiger partial charge in [0.05, 0.1) is 24.8 Å². The van der Waals surface area contributed by atoms with E-state index in [9.17, 15) is 14.7 Å². The zero-order valence-corrected chi connectivity index (χ0v) is 18.0. The summed E-state index contributed by atoms with van der Waals surface area (Å²) in [6.45, 7) is 4.01. The third kappa shape index (κ3) is 4.19. The molecule has 0 bridgehead atoms. The van der Waals surface area contributed by atoms with E-state index in [1.165, 1.54) is 0 Å². The van der Waals surface area contributed by atoms with E-state index in [0.29, 0.717) is 31.9 Å². The Bertz CT molecular complexity index is 953. The summed E-state index contributed by atoms with van der Waals surface area (Å²) in [4.78, 5) is 29.7. The minimum atomic E-state index is -0.647. The van der Waals surface area contributed by atoms with E-state index in [2.05, 4.69) is 20.8 Å². The van der Waals surface area contributed by atoms with Gasteiger partial charge in [-0.3, -0.25) is 14.5 Å². The van der Waals surface area contributed by atoms with Gasteiger partial charge >= 0.3 is 0 Å². The van der Waals surface area contributed by atoms with Gasteiger partial charge in [-0.1, -0.05) is 58.4 Å². The lowest BCUT2D eigenvalue weighted by Crippen LogP contribution is -2.42. The van der Waals surface area contributed by atoms with Crippen LogP contribution in [0.1, 0.15) is 17.2 Å². The van der Waals surface area contributed by atoms with E-state index in [4.69, 9.17) is 4.74 Å². The van der Waals surface area contributed by atoms with Gasteiger partial charge in [0.1, 0.15) is 5.76 Å². The van der Waals surface area contributed by atoms with Gasteiger partial charge in [-0.2, -0.15) is 0 Å². The maximum atomic E-state index is 13.0. The van der Waals surface area contributed by atoms with Crippen molar-refractivity contribution in [1.82, 2.24) is 9.80 Å². The summed E-state index contributed by atoms with van der Waals surface area (Å²) in [5.41, 5.74) is 1.44. The number of likely N-dealkylation sites (tertiary alicyclic amines) is 1. The number of ether oxygens (including phenoxy) is 1. The molecule has 1 amide bonds. The summed E-state index contributed by atoms with van der Waals surface area (Å²) in [5.74, 6) is -1.37. The van der Waals surface area contributed by atoms with Crippen LogP contribution < -0.4 is 0 Å². The first kappa shape index (κ1) is 20.8. The smallest absolute Gasteiger partial charge is 0.295 e. The number of amides is 1. The van der Waals surface area contributed by atoms with Crippen LogP contribution in [0.4, 0.5) is 0 Å². The highest BCUT2D eigenvalue weighted by atomic mass is 79.9. The Balaban J connectivity index is 1.71. The molecule has 0 radical (unpaired) electrons. The Morgan fingerprint density at radius 3 is 2.33 bits per heavy atom. The summed E-state index contributed by atoms with van der Waals surface area (Å²) < 4.78 is 6.25. The Morgan fingerprint density at radius 1 is 1.00 bits per heavy atom. The molecular weight excluding hydrogens is 448 g/mol. The highest BCUT2D eigenvalue weighted by molar-refractivity contribution is 9.10. The van der Waals surface area contributed by atoms with Gasteiger partial charge in [0.2, 0.25) is 0 Å². The standard InChI is InChI=1S/C23H23BrN2O4/c24-18-8-6-17(7-9-18)21(27)19-20(16-4-2-1-3-5-16)26(23(29)22(19)28)11-10-25-12-14-30-15-13-25/h1-9,20,27H,10-15H2/t20-/m1/s1. The minimum absolute atomic E-state index is 0.135. The number of rotatable bonds is 5. The quantitative estimate of drug-likeness (QED) is 0.412. The average Bonchev–Trinajstić information content (AvgIpc) is 3.04. The molecule has 2 aliphatic rings. The van der Waals surface area contributed by atoms with Crippen LogP contribution in [0.3, 0.4) is 0 Å². The number of hydrogen-bond donors (Lipinski definition) is 1. The maximum absolute atomic E-state index is 13.0. The molecule has 0 aliphatic carbocycles. The number of halogens is 1. The Labute approximate surface area is 183 Å². The molecule has 0 aromatic heterocycles. The van der Waals surface area contributed by atoms with Gasteiger partial charge in [-0.25, -0.2) is 0 Å². The molecule has 2 heterocycles. The van der Waals surface area contributed by atoms with E-state index >= 15 is 0 Å². The largest absolute Gasteiger partial charge is 0.507 e. The van der Waals surface area contributed by atoms with Crippen molar-refractivity contribution in [3.8, 4) is 0 Å². The first-order valence-corrected chi connectivity index (χ1v) is 10.7. The first-order valence-electron chi connectivity index (χ1n) is 9.95. The third-order valence-electron chi connectivity index (χ3n) is 5.53. The maximum Gasteiger partial charge on any atom is 0.295 e. The number of ketones is 1. The summed E-state index contributed by atoms with van der Waals surface area (Å²) in [6.07, 6.45) is 0. The van der Waals surface area contributed by atoms with E-state index in [-0.39, 0.29) is 11.3 Å². The molecule has 4 rings (SSSR count). The van der Waals surface area contributed by atoms with Crippen molar-refractivity contribution in [2.75, 3.05) is 39.4 Å². The van der Waals surface area contributed by atoms with Crippen molar-refractivity contribution in [3.05, 3.63) is 75.8 Å². The zero-order valence-electron chi connectivity index (χ0n) is 16.5. The van der Waals surface area contributed by atoms with Crippen LogP contribution in [0.25, 0.3) is 5.76 Å². The molecule has 0 unspecified atom stereocenters. The molecule has 156 valence electrons. The van der Waals surface area contributed by atoms with Gasteiger partial charge in [-0.15, -0.1) is 0 Å². The average molecular weight is 471 g/mol. The highest BCUT2D eigenvalue weighted by Crippen LogP contribution is 2.39. The number of Topliss-reactive ketones (excluding diaryl/α,β-unsaturated/α-hetero) is 1. The third-order valence-corrected chi connectivity index (χ3v) is 6.06. The van der Waals surface area contributed by atoms with Crippen molar-refractivity contribution < 1.29 is 19.4 Å². The van der Waals surface area contributed by atoms with Gasteiger partial charge in [-0.05, 0) is 17.7 Å². The number of hydrogen-bond acceptors (Lipinski definition) is 5. The molecule has 7 heteroatoms. The van der Waals surface area contributed by atoms with E-state index in [1.54, 1.807) is 29.2 Å². The molecule has 0 saturated carbocycles. The molecule has 30 heavy (non-hydrogen) atoms. The number of aliphatic hydroxyl groups excluding tert-OH is 1. The number of carbonyl (C=O) groups is 2. The topological polar surface area (TPSA) is 70.1 Å². The lowest BCUT2D eigenvalue weighted by molar-refractivity contribution is -0.140. The van der Waals surface area contributed by atoms with Crippen LogP contribution in [0.5, 0.6) is 0 Å². The van der Waals surface area contributed by atoms with Crippen LogP contribution >= 0.6 is 15.9 Å². The predicted molar refractivity (Wildman–Crippen MR) is 117 cm³/mol. The SMILES string of the molecule is O=C1C(=O)N(CCN2CCOCC2)[C@H](c2ccccc2)C1=C(O)c1ccc(Br)cc1. The van der Waals surface area contributed by atoms with E-state index < -0.39 is 17.7 Å². The zero-order chi connectivity index (χ0) is 21.1. The van der Waals surface area contributed by atoms with Crippen LogP contribution in [0.15, 0.2) is 64.6 Å². The second-order valence-corrected chi connectivity index (χ2v) is 8.28. The second-order valence-electron chi connectivity index (χ2n) is 7.36. The Hall–Kier alpha value is -2.48. The lowest BCUT2D eigenvalue weighted by atomic mass is 9.95. The number of aliphatic hydroxyl groups is 1. The minimum Gasteiger partial charge on any atom is -0.507 e. The van der Waals surface area contributed by atoms with Crippen LogP contribution in [-0.2, 0) is 14.3 Å². The van der Waals surface area contributed by atoms with Gasteiger partial charge in [0.15, 0.2) is 0 Å². The highest BCUT2D eigenvalue weighted by Gasteiger charge is 2.45. The molecule has 6 nitrogen and oxygen atoms in total. The van der Waals surface area contributed by atoms with E-state index in [1.807, 2.05) is 30.3 Å². The van der Waals surface area contributed by atoms with Crippen LogP contribution in [-0.4, -0.2) is 66.0 Å². The summed E-state index contributed by atoms with van der Waals surface area (Å²) in [5, 5.41) is 11.0. The molecule has 2 saturated heterocycles. The summed E-state index contributed by atoms with van der Waals surface area (Å²) in [6, 6.07) is 15.8. The fraction of sp³-hybridized carbons (Fsp3) is 0.304. The predicted octanol–water partition coefficient (Wildman–Crippen LogP) is 3.20. The fourth-order valence-corrected chi connectivity index (χ4v) is 4.19. The number of benzene rings is 2. The molecule has 2 aromatic carbocycles. The molecular formula is C23H23BrN2O4. The second kappa shape index (κ2) is 9.12. The summed E-state index contributed by atoms with van der Waals surface area (Å²) >= 11 is 3.38. The monoisotopic (exact) mass is 470 g/mol. The molecule has 1 N–H and O–H groups in total. The van der Waals surface area contributed by atoms with E-state index in [0.717, 1.165) is 23.1 Å². The Kier molecular flexibility index (Phi) is 6.32. The molecule has 2 aromatic rings.